The van der Waals surface area contributed by atoms with Crippen molar-refractivity contribution in [3.05, 3.63) is 65.0 Å². The molecule has 0 atom stereocenters. The summed E-state index contributed by atoms with van der Waals surface area (Å²) in [7, 11) is 0. The topological polar surface area (TPSA) is 67.6 Å². The molecule has 3 heterocycles. The lowest BCUT2D eigenvalue weighted by Crippen LogP contribution is -2.34. The smallest absolute Gasteiger partial charge is 0.335 e. The van der Waals surface area contributed by atoms with Gasteiger partial charge in [0.25, 0.3) is 0 Å². The molecule has 0 bridgehead atoms. The van der Waals surface area contributed by atoms with E-state index >= 15 is 0 Å². The number of carbonyl (C=O) groups is 1. The highest BCUT2D eigenvalue weighted by Crippen LogP contribution is 2.48. The monoisotopic (exact) mass is 493 g/mol. The van der Waals surface area contributed by atoms with E-state index < -0.39 is 5.97 Å². The number of para-hydroxylation sites is 1. The number of fused-ring (bicyclic) bond motifs is 2. The Morgan fingerprint density at radius 1 is 1.19 bits per heavy atom. The summed E-state index contributed by atoms with van der Waals surface area (Å²) in [5.41, 5.74) is 2.95. The highest BCUT2D eigenvalue weighted by atomic mass is 19.1. The molecule has 1 aromatic heterocycles. The molecule has 1 aliphatic carbocycles. The van der Waals surface area contributed by atoms with E-state index in [9.17, 15) is 18.7 Å². The second-order valence-corrected chi connectivity index (χ2v) is 10.4. The first kappa shape index (κ1) is 23.2. The third-order valence-corrected chi connectivity index (χ3v) is 7.99. The van der Waals surface area contributed by atoms with E-state index in [0.29, 0.717) is 30.3 Å². The summed E-state index contributed by atoms with van der Waals surface area (Å²) in [5, 5.41) is 9.47. The maximum atomic E-state index is 14.3. The number of nitrogens with zero attached hydrogens (tertiary/aromatic N) is 3. The Morgan fingerprint density at radius 3 is 2.72 bits per heavy atom. The van der Waals surface area contributed by atoms with E-state index in [1.165, 1.54) is 6.08 Å². The van der Waals surface area contributed by atoms with Crippen molar-refractivity contribution in [3.63, 3.8) is 0 Å². The van der Waals surface area contributed by atoms with Gasteiger partial charge in [0.05, 0.1) is 35.4 Å². The van der Waals surface area contributed by atoms with Crippen LogP contribution < -0.4 is 4.74 Å². The number of hydrogen-bond donors (Lipinski definition) is 1. The fraction of sp³-hybridized carbons (Fsp3) is 0.429. The number of aromatic nitrogens is 2. The van der Waals surface area contributed by atoms with Crippen LogP contribution in [-0.4, -0.2) is 51.9 Å². The number of rotatable bonds is 7. The lowest BCUT2D eigenvalue weighted by molar-refractivity contribution is 0.0697. The van der Waals surface area contributed by atoms with E-state index in [2.05, 4.69) is 4.90 Å². The van der Waals surface area contributed by atoms with Gasteiger partial charge in [-0.05, 0) is 80.6 Å². The van der Waals surface area contributed by atoms with Gasteiger partial charge in [0.15, 0.2) is 0 Å². The van der Waals surface area contributed by atoms with Gasteiger partial charge in [0, 0.05) is 12.0 Å². The maximum absolute atomic E-state index is 14.3. The highest BCUT2D eigenvalue weighted by Gasteiger charge is 2.44. The van der Waals surface area contributed by atoms with Gasteiger partial charge < -0.3 is 14.4 Å². The molecule has 36 heavy (non-hydrogen) atoms. The molecule has 0 radical (unpaired) electrons. The fourth-order valence-electron chi connectivity index (χ4n) is 5.58. The largest absolute Gasteiger partial charge is 0.488 e. The van der Waals surface area contributed by atoms with Crippen molar-refractivity contribution in [1.82, 2.24) is 14.5 Å². The van der Waals surface area contributed by atoms with E-state index in [-0.39, 0.29) is 30.1 Å². The number of likely N-dealkylation sites (tertiary alicyclic amines) is 1. The van der Waals surface area contributed by atoms with Crippen LogP contribution >= 0.6 is 0 Å². The van der Waals surface area contributed by atoms with Gasteiger partial charge in [-0.2, -0.15) is 0 Å². The predicted molar refractivity (Wildman–Crippen MR) is 133 cm³/mol. The quantitative estimate of drug-likeness (QED) is 0.466. The van der Waals surface area contributed by atoms with E-state index in [4.69, 9.17) is 9.72 Å². The minimum absolute atomic E-state index is 0.209. The third-order valence-electron chi connectivity index (χ3n) is 7.99. The Bertz CT molecular complexity index is 1350. The number of piperidine rings is 1. The van der Waals surface area contributed by atoms with Crippen molar-refractivity contribution in [2.24, 2.45) is 5.41 Å². The zero-order valence-electron chi connectivity index (χ0n) is 20.1. The highest BCUT2D eigenvalue weighted by molar-refractivity contribution is 5.92. The summed E-state index contributed by atoms with van der Waals surface area (Å²) in [6.45, 7) is 2.72. The molecule has 0 amide bonds. The van der Waals surface area contributed by atoms with Crippen LogP contribution in [0.25, 0.3) is 16.9 Å². The van der Waals surface area contributed by atoms with Crippen molar-refractivity contribution in [1.29, 1.82) is 0 Å². The average molecular weight is 494 g/mol. The summed E-state index contributed by atoms with van der Waals surface area (Å²) in [4.78, 5) is 18.7. The summed E-state index contributed by atoms with van der Waals surface area (Å²) in [6.07, 6.45) is 4.98. The molecule has 6 nitrogen and oxygen atoms in total. The van der Waals surface area contributed by atoms with Crippen LogP contribution in [0.1, 0.15) is 58.9 Å². The normalized spacial score (nSPS) is 19.6. The molecule has 8 heteroatoms. The molecule has 2 aliphatic heterocycles. The first-order valence-corrected chi connectivity index (χ1v) is 12.6. The van der Waals surface area contributed by atoms with Crippen LogP contribution in [0.15, 0.2) is 42.5 Å². The minimum Gasteiger partial charge on any atom is -0.488 e. The van der Waals surface area contributed by atoms with Gasteiger partial charge in [-0.25, -0.2) is 14.2 Å². The second-order valence-electron chi connectivity index (χ2n) is 10.4. The standard InChI is InChI=1S/C28H29F2N3O3/c29-16-28(9-10-28)17-33-24-14-19(27(34)35)4-5-23(24)31-25(33)15-32-11-6-18(7-12-32)20-2-1-3-21-22(30)8-13-36-26(20)21/h1-5,8,14,18H,6-7,9-13,15-17H2,(H,34,35). The molecular formula is C28H29F2N3O3. The maximum Gasteiger partial charge on any atom is 0.335 e. The Morgan fingerprint density at radius 2 is 2.00 bits per heavy atom. The summed E-state index contributed by atoms with van der Waals surface area (Å²) in [6, 6.07) is 10.7. The molecule has 2 fully saturated rings. The molecular weight excluding hydrogens is 464 g/mol. The number of aromatic carboxylic acids is 1. The van der Waals surface area contributed by atoms with E-state index in [0.717, 1.165) is 61.2 Å². The number of hydrogen-bond acceptors (Lipinski definition) is 4. The Labute approximate surface area is 208 Å². The SMILES string of the molecule is O=C(O)c1ccc2nc(CN3CCC(c4cccc5c4OCC=C5F)CC3)n(CC3(CF)CC3)c2c1. The number of carboxylic acids is 1. The van der Waals surface area contributed by atoms with Gasteiger partial charge in [0.2, 0.25) is 0 Å². The van der Waals surface area contributed by atoms with Crippen molar-refractivity contribution in [2.75, 3.05) is 26.4 Å². The Kier molecular flexibility index (Phi) is 5.79. The molecule has 1 saturated heterocycles. The fourth-order valence-corrected chi connectivity index (χ4v) is 5.58. The predicted octanol–water partition coefficient (Wildman–Crippen LogP) is 5.57. The molecule has 0 spiro atoms. The Hall–Kier alpha value is -3.26. The van der Waals surface area contributed by atoms with Gasteiger partial charge in [0.1, 0.15) is 24.0 Å². The van der Waals surface area contributed by atoms with Crippen LogP contribution in [0.5, 0.6) is 5.75 Å². The van der Waals surface area contributed by atoms with Crippen molar-refractivity contribution < 1.29 is 23.4 Å². The van der Waals surface area contributed by atoms with Crippen LogP contribution in [0.4, 0.5) is 8.78 Å². The van der Waals surface area contributed by atoms with Gasteiger partial charge in [-0.3, -0.25) is 9.29 Å². The van der Waals surface area contributed by atoms with Crippen LogP contribution in [-0.2, 0) is 13.1 Å². The molecule has 188 valence electrons. The molecule has 2 aromatic carbocycles. The molecule has 1 saturated carbocycles. The summed E-state index contributed by atoms with van der Waals surface area (Å²) < 4.78 is 35.9. The van der Waals surface area contributed by atoms with Crippen LogP contribution in [0, 0.1) is 5.41 Å². The number of imidazole rings is 1. The summed E-state index contributed by atoms with van der Waals surface area (Å²) >= 11 is 0. The first-order chi connectivity index (χ1) is 17.5. The van der Waals surface area contributed by atoms with E-state index in [1.807, 2.05) is 16.7 Å². The number of alkyl halides is 1. The van der Waals surface area contributed by atoms with Gasteiger partial charge >= 0.3 is 5.97 Å². The van der Waals surface area contributed by atoms with Crippen LogP contribution in [0.3, 0.4) is 0 Å². The number of halogens is 2. The molecule has 6 rings (SSSR count). The number of carboxylic acid groups (broad SMARTS) is 1. The zero-order chi connectivity index (χ0) is 24.9. The zero-order valence-corrected chi connectivity index (χ0v) is 20.1. The number of ether oxygens (including phenoxy) is 1. The summed E-state index contributed by atoms with van der Waals surface area (Å²) in [5.74, 6) is 0.608. The molecule has 0 unspecified atom stereocenters. The van der Waals surface area contributed by atoms with Gasteiger partial charge in [-0.15, -0.1) is 0 Å². The Balaban J connectivity index is 1.22. The van der Waals surface area contributed by atoms with E-state index in [1.54, 1.807) is 24.3 Å². The number of benzene rings is 2. The molecule has 3 aliphatic rings. The molecule has 3 aromatic rings. The van der Waals surface area contributed by atoms with Crippen molar-refractivity contribution in [3.8, 4) is 5.75 Å². The second kappa shape index (κ2) is 9.00. The minimum atomic E-state index is -0.984. The molecule has 1 N–H and O–H groups in total. The lowest BCUT2D eigenvalue weighted by atomic mass is 9.87. The van der Waals surface area contributed by atoms with Crippen molar-refractivity contribution >= 4 is 22.8 Å². The van der Waals surface area contributed by atoms with Crippen LogP contribution in [0.2, 0.25) is 0 Å². The average Bonchev–Trinajstić information content (AvgIpc) is 3.60. The third kappa shape index (κ3) is 4.17. The first-order valence-electron chi connectivity index (χ1n) is 12.6. The van der Waals surface area contributed by atoms with Gasteiger partial charge in [-0.1, -0.05) is 12.1 Å². The van der Waals surface area contributed by atoms with Crippen molar-refractivity contribution in [2.45, 2.75) is 44.7 Å². The lowest BCUT2D eigenvalue weighted by Gasteiger charge is -2.33.